The first-order valence-corrected chi connectivity index (χ1v) is 12.8. The van der Waals surface area contributed by atoms with Crippen LogP contribution < -0.4 is 16.8 Å². The third kappa shape index (κ3) is 5.58. The van der Waals surface area contributed by atoms with E-state index in [0.29, 0.717) is 12.3 Å². The van der Waals surface area contributed by atoms with Gasteiger partial charge in [-0.25, -0.2) is 14.8 Å². The van der Waals surface area contributed by atoms with Crippen LogP contribution in [0.5, 0.6) is 0 Å². The van der Waals surface area contributed by atoms with Crippen molar-refractivity contribution >= 4 is 39.4 Å². The molecule has 0 aliphatic carbocycles. The lowest BCUT2D eigenvalue weighted by Gasteiger charge is -2.25. The lowest BCUT2D eigenvalue weighted by molar-refractivity contribution is -0.199. The molecule has 34 heavy (non-hydrogen) atoms. The van der Waals surface area contributed by atoms with Gasteiger partial charge in [0, 0.05) is 18.5 Å². The van der Waals surface area contributed by atoms with Crippen LogP contribution in [0.4, 0.5) is 10.6 Å². The first-order valence-electron chi connectivity index (χ1n) is 10.5. The average molecular weight is 511 g/mol. The highest BCUT2D eigenvalue weighted by Gasteiger charge is 2.56. The largest absolute Gasteiger partial charge is 0.447 e. The number of rotatable bonds is 9. The Balaban J connectivity index is 1.28. The van der Waals surface area contributed by atoms with Gasteiger partial charge in [0.1, 0.15) is 35.8 Å². The van der Waals surface area contributed by atoms with Gasteiger partial charge in [-0.1, -0.05) is 16.9 Å². The van der Waals surface area contributed by atoms with Crippen molar-refractivity contribution in [2.45, 2.75) is 49.2 Å². The fourth-order valence-electron chi connectivity index (χ4n) is 3.68. The first kappa shape index (κ1) is 24.6. The van der Waals surface area contributed by atoms with Gasteiger partial charge in [-0.15, -0.1) is 0 Å². The van der Waals surface area contributed by atoms with Crippen molar-refractivity contribution in [3.8, 4) is 0 Å². The summed E-state index contributed by atoms with van der Waals surface area (Å²) >= 11 is 0. The Bertz CT molecular complexity index is 1020. The van der Waals surface area contributed by atoms with E-state index in [-0.39, 0.29) is 18.1 Å². The average Bonchev–Trinajstić information content (AvgIpc) is 3.43. The van der Waals surface area contributed by atoms with E-state index in [1.807, 2.05) is 18.2 Å². The molecule has 2 saturated heterocycles. The molecule has 4 heterocycles. The van der Waals surface area contributed by atoms with Crippen LogP contribution in [-0.4, -0.2) is 69.5 Å². The van der Waals surface area contributed by atoms with Gasteiger partial charge >= 0.3 is 6.09 Å². The van der Waals surface area contributed by atoms with E-state index in [4.69, 9.17) is 30.4 Å². The number of nitrogens with one attached hydrogen (secondary N) is 1. The standard InChI is InChI=1S/C20H26N6O6S2/c1-20(2)31-14-11(9-29-19(28)24-7-8-33-34-12-5-3-4-6-23-12)30-18(15(14)32-20)26-10-25-13(16(26)21)17(22)27/h3-6,10-11,14-15,18H,7-9,21H2,1-2H3,(H2,22,27)(H,24,28)/t11-,14-,15-,18-/m1/s1. The Morgan fingerprint density at radius 3 is 2.76 bits per heavy atom. The van der Waals surface area contributed by atoms with Crippen LogP contribution >= 0.6 is 21.6 Å². The number of aromatic nitrogens is 3. The Labute approximate surface area is 203 Å². The van der Waals surface area contributed by atoms with E-state index in [1.54, 1.807) is 30.8 Å². The number of imidazole rings is 1. The normalized spacial score (nSPS) is 25.1. The van der Waals surface area contributed by atoms with Crippen molar-refractivity contribution in [1.29, 1.82) is 0 Å². The second-order valence-corrected chi connectivity index (χ2v) is 10.4. The van der Waals surface area contributed by atoms with Gasteiger partial charge in [0.15, 0.2) is 17.7 Å². The number of pyridine rings is 1. The summed E-state index contributed by atoms with van der Waals surface area (Å²) < 4.78 is 24.9. The summed E-state index contributed by atoms with van der Waals surface area (Å²) in [5.74, 6) is -0.883. The van der Waals surface area contributed by atoms with E-state index in [2.05, 4.69) is 15.3 Å². The van der Waals surface area contributed by atoms with Crippen molar-refractivity contribution in [3.63, 3.8) is 0 Å². The van der Waals surface area contributed by atoms with E-state index >= 15 is 0 Å². The number of anilines is 1. The number of amides is 2. The maximum atomic E-state index is 12.2. The van der Waals surface area contributed by atoms with Gasteiger partial charge < -0.3 is 35.7 Å². The van der Waals surface area contributed by atoms with E-state index in [9.17, 15) is 9.59 Å². The van der Waals surface area contributed by atoms with Crippen LogP contribution in [0.15, 0.2) is 35.7 Å². The minimum Gasteiger partial charge on any atom is -0.447 e. The van der Waals surface area contributed by atoms with Crippen LogP contribution in [0.3, 0.4) is 0 Å². The highest BCUT2D eigenvalue weighted by atomic mass is 33.1. The summed E-state index contributed by atoms with van der Waals surface area (Å²) in [6.07, 6.45) is 0.114. The molecule has 0 saturated carbocycles. The van der Waals surface area contributed by atoms with Crippen molar-refractivity contribution in [2.75, 3.05) is 24.6 Å². The van der Waals surface area contributed by atoms with Gasteiger partial charge in [0.05, 0.1) is 6.33 Å². The zero-order valence-corrected chi connectivity index (χ0v) is 20.2. The number of ether oxygens (including phenoxy) is 4. The Morgan fingerprint density at radius 1 is 1.26 bits per heavy atom. The molecule has 2 aromatic rings. The van der Waals surface area contributed by atoms with Crippen LogP contribution in [0, 0.1) is 0 Å². The molecule has 0 spiro atoms. The van der Waals surface area contributed by atoms with Crippen LogP contribution in [0.1, 0.15) is 30.6 Å². The molecule has 0 radical (unpaired) electrons. The van der Waals surface area contributed by atoms with E-state index in [0.717, 1.165) is 5.03 Å². The van der Waals surface area contributed by atoms with Crippen molar-refractivity contribution in [2.24, 2.45) is 5.73 Å². The zero-order chi connectivity index (χ0) is 24.3. The second kappa shape index (κ2) is 10.4. The topological polar surface area (TPSA) is 166 Å². The summed E-state index contributed by atoms with van der Waals surface area (Å²) in [6, 6.07) is 5.70. The van der Waals surface area contributed by atoms with Crippen LogP contribution in [0.2, 0.25) is 0 Å². The molecule has 2 aliphatic heterocycles. The molecule has 0 aromatic carbocycles. The smallest absolute Gasteiger partial charge is 0.407 e. The number of hydrogen-bond acceptors (Lipinski definition) is 11. The summed E-state index contributed by atoms with van der Waals surface area (Å²) in [6.45, 7) is 3.92. The Hall–Kier alpha value is -2.52. The van der Waals surface area contributed by atoms with Gasteiger partial charge in [-0.05, 0) is 36.8 Å². The second-order valence-electron chi connectivity index (χ2n) is 7.98. The third-order valence-corrected chi connectivity index (χ3v) is 7.35. The molecule has 2 aliphatic rings. The zero-order valence-electron chi connectivity index (χ0n) is 18.6. The summed E-state index contributed by atoms with van der Waals surface area (Å²) in [5.41, 5.74) is 11.3. The molecule has 184 valence electrons. The summed E-state index contributed by atoms with van der Waals surface area (Å²) in [5, 5.41) is 3.61. The van der Waals surface area contributed by atoms with Crippen molar-refractivity contribution in [3.05, 3.63) is 36.4 Å². The Kier molecular flexibility index (Phi) is 7.52. The SMILES string of the molecule is CC1(C)O[C@@H]2[C@H](O1)[C@@H](COC(=O)NCCSSc1ccccn1)O[C@H]2n1cnc(C(N)=O)c1N. The molecule has 14 heteroatoms. The summed E-state index contributed by atoms with van der Waals surface area (Å²) in [4.78, 5) is 31.9. The molecule has 4 atom stereocenters. The molecule has 4 rings (SSSR count). The van der Waals surface area contributed by atoms with Gasteiger partial charge in [-0.2, -0.15) is 0 Å². The molecular formula is C20H26N6O6S2. The maximum absolute atomic E-state index is 12.2. The van der Waals surface area contributed by atoms with Gasteiger partial charge in [0.2, 0.25) is 0 Å². The van der Waals surface area contributed by atoms with Crippen LogP contribution in [0.25, 0.3) is 0 Å². The maximum Gasteiger partial charge on any atom is 0.407 e. The molecule has 2 aromatic heterocycles. The van der Waals surface area contributed by atoms with Crippen molar-refractivity contribution in [1.82, 2.24) is 19.9 Å². The predicted molar refractivity (Wildman–Crippen MR) is 125 cm³/mol. The predicted octanol–water partition coefficient (Wildman–Crippen LogP) is 1.54. The number of carbonyl (C=O) groups excluding carboxylic acids is 2. The highest BCUT2D eigenvalue weighted by molar-refractivity contribution is 8.76. The third-order valence-electron chi connectivity index (χ3n) is 5.08. The van der Waals surface area contributed by atoms with Crippen LogP contribution in [-0.2, 0) is 18.9 Å². The highest BCUT2D eigenvalue weighted by Crippen LogP contribution is 2.44. The number of nitrogen functional groups attached to an aromatic ring is 1. The minimum absolute atomic E-state index is 0.0588. The molecule has 12 nitrogen and oxygen atoms in total. The molecule has 2 amide bonds. The first-order chi connectivity index (χ1) is 16.2. The lowest BCUT2D eigenvalue weighted by atomic mass is 10.1. The Morgan fingerprint density at radius 2 is 2.06 bits per heavy atom. The van der Waals surface area contributed by atoms with Crippen molar-refractivity contribution < 1.29 is 28.5 Å². The van der Waals surface area contributed by atoms with Gasteiger partial charge in [0.25, 0.3) is 5.91 Å². The molecule has 2 fully saturated rings. The number of primary amides is 1. The number of nitrogens with zero attached hydrogens (tertiary/aromatic N) is 3. The van der Waals surface area contributed by atoms with Gasteiger partial charge in [-0.3, -0.25) is 9.36 Å². The van der Waals surface area contributed by atoms with E-state index < -0.39 is 42.3 Å². The molecule has 5 N–H and O–H groups in total. The molecule has 0 bridgehead atoms. The number of alkyl carbamates (subject to hydrolysis) is 1. The number of hydrogen-bond donors (Lipinski definition) is 3. The molecular weight excluding hydrogens is 484 g/mol. The van der Waals surface area contributed by atoms with E-state index in [1.165, 1.54) is 21.7 Å². The number of fused-ring (bicyclic) bond motifs is 1. The number of carbonyl (C=O) groups is 2. The summed E-state index contributed by atoms with van der Waals surface area (Å²) in [7, 11) is 3.11. The monoisotopic (exact) mass is 510 g/mol. The number of nitrogens with two attached hydrogens (primary N) is 2. The quantitative estimate of drug-likeness (QED) is 0.331. The fraction of sp³-hybridized carbons (Fsp3) is 0.500. The minimum atomic E-state index is -0.873. The fourth-order valence-corrected chi connectivity index (χ4v) is 5.47. The lowest BCUT2D eigenvalue weighted by Crippen LogP contribution is -2.36. The molecule has 0 unspecified atom stereocenters.